The zero-order valence-corrected chi connectivity index (χ0v) is 11.6. The maximum atomic E-state index is 11.3. The monoisotopic (exact) mass is 266 g/mol. The fourth-order valence-corrected chi connectivity index (χ4v) is 2.12. The van der Waals surface area contributed by atoms with Gasteiger partial charge in [-0.25, -0.2) is 0 Å². The highest BCUT2D eigenvalue weighted by molar-refractivity contribution is 5.76. The minimum Gasteiger partial charge on any atom is -0.504 e. The molecule has 0 spiro atoms. The van der Waals surface area contributed by atoms with Crippen LogP contribution in [0.1, 0.15) is 50.5 Å². The van der Waals surface area contributed by atoms with E-state index in [-0.39, 0.29) is 5.75 Å². The van der Waals surface area contributed by atoms with Crippen molar-refractivity contribution < 1.29 is 19.7 Å². The first-order valence-electron chi connectivity index (χ1n) is 6.69. The zero-order chi connectivity index (χ0) is 14.3. The molecule has 4 nitrogen and oxygen atoms in total. The van der Waals surface area contributed by atoms with Gasteiger partial charge in [0.2, 0.25) is 0 Å². The van der Waals surface area contributed by atoms with Gasteiger partial charge in [0.15, 0.2) is 11.5 Å². The van der Waals surface area contributed by atoms with Crippen LogP contribution in [0.15, 0.2) is 18.2 Å². The van der Waals surface area contributed by atoms with Gasteiger partial charge in [-0.15, -0.1) is 0 Å². The molecular formula is C15H22O4. The summed E-state index contributed by atoms with van der Waals surface area (Å²) in [6, 6.07) is 4.74. The van der Waals surface area contributed by atoms with Crippen molar-refractivity contribution in [2.45, 2.75) is 44.9 Å². The van der Waals surface area contributed by atoms with E-state index < -0.39 is 11.9 Å². The average molecular weight is 266 g/mol. The molecule has 4 heteroatoms. The number of phenols is 1. The number of unbranched alkanes of at least 4 members (excludes halogenated alkanes) is 3. The van der Waals surface area contributed by atoms with Gasteiger partial charge in [0.05, 0.1) is 13.0 Å². The largest absolute Gasteiger partial charge is 0.504 e. The zero-order valence-electron chi connectivity index (χ0n) is 11.6. The average Bonchev–Trinajstić information content (AvgIpc) is 2.39. The van der Waals surface area contributed by atoms with E-state index in [1.807, 2.05) is 0 Å². The van der Waals surface area contributed by atoms with Gasteiger partial charge in [-0.2, -0.15) is 0 Å². The highest BCUT2D eigenvalue weighted by Gasteiger charge is 2.20. The Balaban J connectivity index is 2.78. The number of phenolic OH excluding ortho intramolecular Hbond substituents is 1. The molecule has 2 N–H and O–H groups in total. The lowest BCUT2D eigenvalue weighted by Crippen LogP contribution is -2.11. The number of hydrogen-bond donors (Lipinski definition) is 2. The van der Waals surface area contributed by atoms with E-state index in [0.29, 0.717) is 17.7 Å². The Morgan fingerprint density at radius 2 is 2.05 bits per heavy atom. The summed E-state index contributed by atoms with van der Waals surface area (Å²) in [7, 11) is 1.45. The molecule has 19 heavy (non-hydrogen) atoms. The lowest BCUT2D eigenvalue weighted by molar-refractivity contribution is -0.139. The molecule has 1 aromatic rings. The van der Waals surface area contributed by atoms with Crippen molar-refractivity contribution >= 4 is 5.97 Å². The molecule has 0 fully saturated rings. The molecule has 1 aromatic carbocycles. The molecule has 0 saturated carbocycles. The molecule has 1 atom stereocenters. The Bertz CT molecular complexity index is 415. The minimum absolute atomic E-state index is 0.0290. The molecule has 0 aliphatic heterocycles. The van der Waals surface area contributed by atoms with Crippen molar-refractivity contribution in [1.82, 2.24) is 0 Å². The van der Waals surface area contributed by atoms with Gasteiger partial charge < -0.3 is 14.9 Å². The summed E-state index contributed by atoms with van der Waals surface area (Å²) >= 11 is 0. The normalized spacial score (nSPS) is 12.1. The first-order chi connectivity index (χ1) is 9.10. The highest BCUT2D eigenvalue weighted by atomic mass is 16.5. The molecule has 0 amide bonds. The Labute approximate surface area is 114 Å². The van der Waals surface area contributed by atoms with Crippen LogP contribution in [0.3, 0.4) is 0 Å². The third-order valence-electron chi connectivity index (χ3n) is 3.25. The van der Waals surface area contributed by atoms with E-state index in [1.54, 1.807) is 12.1 Å². The number of aliphatic carboxylic acids is 1. The quantitative estimate of drug-likeness (QED) is 0.706. The Morgan fingerprint density at radius 1 is 1.32 bits per heavy atom. The number of benzene rings is 1. The molecule has 0 aliphatic rings. The van der Waals surface area contributed by atoms with E-state index in [1.165, 1.54) is 13.2 Å². The smallest absolute Gasteiger partial charge is 0.310 e. The molecule has 0 heterocycles. The molecule has 0 bridgehead atoms. The van der Waals surface area contributed by atoms with E-state index in [9.17, 15) is 15.0 Å². The van der Waals surface area contributed by atoms with Crippen LogP contribution in [0.5, 0.6) is 11.5 Å². The topological polar surface area (TPSA) is 66.8 Å². The molecule has 0 aromatic heterocycles. The van der Waals surface area contributed by atoms with Gasteiger partial charge >= 0.3 is 5.97 Å². The van der Waals surface area contributed by atoms with Gasteiger partial charge in [-0.1, -0.05) is 38.7 Å². The number of carboxylic acid groups (broad SMARTS) is 1. The van der Waals surface area contributed by atoms with E-state index in [0.717, 1.165) is 25.7 Å². The number of ether oxygens (including phenoxy) is 1. The number of rotatable bonds is 8. The van der Waals surface area contributed by atoms with Crippen LogP contribution in [0.25, 0.3) is 0 Å². The van der Waals surface area contributed by atoms with Crippen molar-refractivity contribution in [1.29, 1.82) is 0 Å². The van der Waals surface area contributed by atoms with E-state index in [4.69, 9.17) is 4.74 Å². The van der Waals surface area contributed by atoms with Crippen molar-refractivity contribution in [3.8, 4) is 11.5 Å². The van der Waals surface area contributed by atoms with Gasteiger partial charge in [-0.05, 0) is 24.1 Å². The number of carbonyl (C=O) groups is 1. The molecule has 0 radical (unpaired) electrons. The first-order valence-corrected chi connectivity index (χ1v) is 6.69. The molecule has 0 aliphatic carbocycles. The summed E-state index contributed by atoms with van der Waals surface area (Å²) in [5.41, 5.74) is 0.679. The van der Waals surface area contributed by atoms with E-state index in [2.05, 4.69) is 6.92 Å². The number of carboxylic acids is 1. The summed E-state index contributed by atoms with van der Waals surface area (Å²) < 4.78 is 5.02. The molecule has 106 valence electrons. The van der Waals surface area contributed by atoms with Gasteiger partial charge in [-0.3, -0.25) is 4.79 Å². The standard InChI is InChI=1S/C15H22O4/c1-3-4-5-6-7-12(15(17)18)11-8-9-13(16)14(10-11)19-2/h8-10,12,16H,3-7H2,1-2H3,(H,17,18). The number of methoxy groups -OCH3 is 1. The van der Waals surface area contributed by atoms with Crippen molar-refractivity contribution in [3.05, 3.63) is 23.8 Å². The lowest BCUT2D eigenvalue weighted by Gasteiger charge is -2.14. The van der Waals surface area contributed by atoms with Crippen LogP contribution < -0.4 is 4.74 Å². The maximum absolute atomic E-state index is 11.3. The van der Waals surface area contributed by atoms with Gasteiger partial charge in [0.1, 0.15) is 0 Å². The minimum atomic E-state index is -0.829. The molecule has 1 rings (SSSR count). The summed E-state index contributed by atoms with van der Waals surface area (Å²) in [6.07, 6.45) is 4.82. The summed E-state index contributed by atoms with van der Waals surface area (Å²) in [5, 5.41) is 18.8. The lowest BCUT2D eigenvalue weighted by atomic mass is 9.93. The summed E-state index contributed by atoms with van der Waals surface area (Å²) in [4.78, 5) is 11.3. The Hall–Kier alpha value is -1.71. The highest BCUT2D eigenvalue weighted by Crippen LogP contribution is 2.31. The van der Waals surface area contributed by atoms with Crippen molar-refractivity contribution in [2.24, 2.45) is 0 Å². The summed E-state index contributed by atoms with van der Waals surface area (Å²) in [6.45, 7) is 2.12. The molecule has 1 unspecified atom stereocenters. The van der Waals surface area contributed by atoms with Crippen LogP contribution in [0.2, 0.25) is 0 Å². The first kappa shape index (κ1) is 15.3. The Morgan fingerprint density at radius 3 is 2.63 bits per heavy atom. The van der Waals surface area contributed by atoms with Crippen LogP contribution >= 0.6 is 0 Å². The van der Waals surface area contributed by atoms with Crippen LogP contribution in [-0.4, -0.2) is 23.3 Å². The van der Waals surface area contributed by atoms with Crippen LogP contribution in [-0.2, 0) is 4.79 Å². The SMILES string of the molecule is CCCCCCC(C(=O)O)c1ccc(O)c(OC)c1. The Kier molecular flexibility index (Phi) is 6.19. The van der Waals surface area contributed by atoms with Crippen molar-refractivity contribution in [2.75, 3.05) is 7.11 Å². The van der Waals surface area contributed by atoms with Crippen LogP contribution in [0.4, 0.5) is 0 Å². The maximum Gasteiger partial charge on any atom is 0.310 e. The van der Waals surface area contributed by atoms with E-state index >= 15 is 0 Å². The van der Waals surface area contributed by atoms with Gasteiger partial charge in [0, 0.05) is 0 Å². The fraction of sp³-hybridized carbons (Fsp3) is 0.533. The number of hydrogen-bond acceptors (Lipinski definition) is 3. The third-order valence-corrected chi connectivity index (χ3v) is 3.25. The predicted molar refractivity (Wildman–Crippen MR) is 73.8 cm³/mol. The van der Waals surface area contributed by atoms with Gasteiger partial charge in [0.25, 0.3) is 0 Å². The fourth-order valence-electron chi connectivity index (χ4n) is 2.12. The second-order valence-electron chi connectivity index (χ2n) is 4.67. The second-order valence-corrected chi connectivity index (χ2v) is 4.67. The third kappa shape index (κ3) is 4.47. The van der Waals surface area contributed by atoms with Crippen molar-refractivity contribution in [3.63, 3.8) is 0 Å². The molecular weight excluding hydrogens is 244 g/mol. The predicted octanol–water partition coefficient (Wildman–Crippen LogP) is 3.54. The second kappa shape index (κ2) is 7.67. The summed E-state index contributed by atoms with van der Waals surface area (Å²) in [5.74, 6) is -1.02. The molecule has 0 saturated heterocycles. The number of aromatic hydroxyl groups is 1. The van der Waals surface area contributed by atoms with Crippen LogP contribution in [0, 0.1) is 0 Å².